The van der Waals surface area contributed by atoms with Crippen molar-refractivity contribution in [1.82, 2.24) is 15.4 Å². The number of aliphatic hydroxyl groups excluding tert-OH is 1. The second-order valence-corrected chi connectivity index (χ2v) is 12.1. The fraction of sp³-hybridized carbons (Fsp3) is 0.310. The van der Waals surface area contributed by atoms with Gasteiger partial charge in [0.1, 0.15) is 12.1 Å². The van der Waals surface area contributed by atoms with Gasteiger partial charge in [0.05, 0.1) is 18.8 Å². The summed E-state index contributed by atoms with van der Waals surface area (Å²) < 4.78 is 29.1. The molecule has 236 valence electrons. The minimum absolute atomic E-state index is 0.0110. The van der Waals surface area contributed by atoms with Crippen LogP contribution in [0.25, 0.3) is 0 Å². The number of carboxylic acids is 1. The summed E-state index contributed by atoms with van der Waals surface area (Å²) in [6, 6.07) is 12.8. The SMILES string of the molecule is NCc1ccc(Cl)cc1CNC(=O)[C@H](CO)NC(=O)[C@@H](CCc1cccc[n+]1[O-])NS(=O)(=O)Cc1ccc(CC(=O)O)cc1. The Morgan fingerprint density at radius 2 is 1.68 bits per heavy atom. The van der Waals surface area contributed by atoms with E-state index in [9.17, 15) is 33.1 Å². The van der Waals surface area contributed by atoms with E-state index in [0.29, 0.717) is 26.4 Å². The van der Waals surface area contributed by atoms with E-state index in [-0.39, 0.29) is 38.0 Å². The average Bonchev–Trinajstić information content (AvgIpc) is 2.98. The fourth-order valence-electron chi connectivity index (χ4n) is 4.33. The van der Waals surface area contributed by atoms with E-state index >= 15 is 0 Å². The molecule has 3 rings (SSSR count). The number of sulfonamides is 1. The average molecular weight is 648 g/mol. The van der Waals surface area contributed by atoms with Crippen LogP contribution in [0.5, 0.6) is 0 Å². The summed E-state index contributed by atoms with van der Waals surface area (Å²) in [7, 11) is -4.15. The van der Waals surface area contributed by atoms with E-state index in [2.05, 4.69) is 15.4 Å². The summed E-state index contributed by atoms with van der Waals surface area (Å²) in [5, 5.41) is 36.4. The van der Waals surface area contributed by atoms with Crippen LogP contribution in [0.3, 0.4) is 0 Å². The van der Waals surface area contributed by atoms with Gasteiger partial charge in [0, 0.05) is 36.7 Å². The number of rotatable bonds is 16. The van der Waals surface area contributed by atoms with Crippen molar-refractivity contribution in [1.29, 1.82) is 0 Å². The van der Waals surface area contributed by atoms with Crippen LogP contribution in [0.15, 0.2) is 66.9 Å². The third-order valence-electron chi connectivity index (χ3n) is 6.62. The number of aryl methyl sites for hydroxylation is 1. The fourth-order valence-corrected chi connectivity index (χ4v) is 5.90. The molecule has 1 aromatic heterocycles. The Morgan fingerprint density at radius 3 is 2.32 bits per heavy atom. The first-order chi connectivity index (χ1) is 20.9. The van der Waals surface area contributed by atoms with E-state index in [1.165, 1.54) is 42.6 Å². The van der Waals surface area contributed by atoms with Gasteiger partial charge in [-0.1, -0.05) is 48.0 Å². The quantitative estimate of drug-likeness (QED) is 0.0928. The molecule has 1 heterocycles. The maximum absolute atomic E-state index is 13.3. The monoisotopic (exact) mass is 647 g/mol. The van der Waals surface area contributed by atoms with E-state index in [1.807, 2.05) is 0 Å². The molecule has 0 spiro atoms. The Kier molecular flexibility index (Phi) is 12.6. The Labute approximate surface area is 259 Å². The first-order valence-corrected chi connectivity index (χ1v) is 15.6. The molecule has 0 fully saturated rings. The zero-order valence-corrected chi connectivity index (χ0v) is 25.2. The number of hydrogen-bond donors (Lipinski definition) is 6. The van der Waals surface area contributed by atoms with Crippen LogP contribution < -0.4 is 25.8 Å². The molecule has 0 saturated heterocycles. The topological polar surface area (TPSA) is 215 Å². The number of aliphatic carboxylic acids is 1. The number of benzene rings is 2. The third kappa shape index (κ3) is 10.6. The lowest BCUT2D eigenvalue weighted by Crippen LogP contribution is -2.55. The van der Waals surface area contributed by atoms with Gasteiger partial charge in [0.15, 0.2) is 11.9 Å². The number of hydrogen-bond acceptors (Lipinski definition) is 8. The lowest BCUT2D eigenvalue weighted by molar-refractivity contribution is -0.614. The number of nitrogens with one attached hydrogen (secondary N) is 3. The maximum Gasteiger partial charge on any atom is 0.307 e. The highest BCUT2D eigenvalue weighted by molar-refractivity contribution is 7.88. The number of aromatic nitrogens is 1. The van der Waals surface area contributed by atoms with Crippen LogP contribution >= 0.6 is 11.6 Å². The molecule has 44 heavy (non-hydrogen) atoms. The normalized spacial score (nSPS) is 12.7. The molecule has 0 aliphatic rings. The van der Waals surface area contributed by atoms with Gasteiger partial charge in [-0.05, 0) is 40.8 Å². The molecule has 2 aromatic carbocycles. The summed E-state index contributed by atoms with van der Waals surface area (Å²) in [5.41, 5.74) is 8.24. The van der Waals surface area contributed by atoms with E-state index in [4.69, 9.17) is 22.4 Å². The number of halogens is 1. The smallest absolute Gasteiger partial charge is 0.307 e. The highest BCUT2D eigenvalue weighted by Gasteiger charge is 2.29. The second-order valence-electron chi connectivity index (χ2n) is 9.95. The van der Waals surface area contributed by atoms with Gasteiger partial charge >= 0.3 is 5.97 Å². The predicted octanol–water partition coefficient (Wildman–Crippen LogP) is 0.274. The number of nitrogens with zero attached hydrogens (tertiary/aromatic N) is 1. The van der Waals surface area contributed by atoms with E-state index in [1.54, 1.807) is 24.3 Å². The van der Waals surface area contributed by atoms with Crippen molar-refractivity contribution >= 4 is 39.4 Å². The third-order valence-corrected chi connectivity index (χ3v) is 8.22. The zero-order chi connectivity index (χ0) is 32.3. The molecule has 0 bridgehead atoms. The number of carbonyl (C=O) groups is 3. The van der Waals surface area contributed by atoms with Crippen LogP contribution in [0.4, 0.5) is 0 Å². The van der Waals surface area contributed by atoms with Crippen LogP contribution in [-0.2, 0) is 56.1 Å². The van der Waals surface area contributed by atoms with Crippen LogP contribution in [0, 0.1) is 5.21 Å². The summed E-state index contributed by atoms with van der Waals surface area (Å²) in [6.45, 7) is -0.572. The van der Waals surface area contributed by atoms with Crippen molar-refractivity contribution in [2.45, 2.75) is 50.2 Å². The minimum atomic E-state index is -4.15. The molecule has 2 amide bonds. The molecule has 13 nitrogen and oxygen atoms in total. The maximum atomic E-state index is 13.3. The standard InChI is InChI=1S/C29H34ClN5O8S/c30-23-9-8-21(15-31)22(14-23)16-32-28(39)26(17-36)33-29(40)25(11-10-24-3-1-2-12-35(24)41)34-44(42,43)18-20-6-4-19(5-7-20)13-27(37)38/h1-9,12,14,25-26,34,36H,10-11,13,15-18,31H2,(H,32,39)(H,33,40)(H,37,38)/t25-,26+/m1/s1. The van der Waals surface area contributed by atoms with E-state index < -0.39 is 52.3 Å². The Hall–Kier alpha value is -4.08. The minimum Gasteiger partial charge on any atom is -0.619 e. The number of pyridine rings is 1. The van der Waals surface area contributed by atoms with Crippen LogP contribution in [0.1, 0.15) is 34.4 Å². The summed E-state index contributed by atoms with van der Waals surface area (Å²) in [5.74, 6) is -3.17. The first kappa shape index (κ1) is 34.4. The van der Waals surface area contributed by atoms with Crippen LogP contribution in [0.2, 0.25) is 5.02 Å². The number of aliphatic hydroxyl groups is 1. The molecule has 0 unspecified atom stereocenters. The van der Waals surface area contributed by atoms with Gasteiger partial charge in [0.2, 0.25) is 21.8 Å². The Morgan fingerprint density at radius 1 is 0.977 bits per heavy atom. The number of nitrogens with two attached hydrogens (primary N) is 1. The summed E-state index contributed by atoms with van der Waals surface area (Å²) in [6.07, 6.45) is 0.919. The molecule has 2 atom stereocenters. The molecule has 3 aromatic rings. The van der Waals surface area contributed by atoms with E-state index in [0.717, 1.165) is 5.56 Å². The Balaban J connectivity index is 1.73. The molecule has 0 aliphatic heterocycles. The van der Waals surface area contributed by atoms with Gasteiger partial charge in [-0.25, -0.2) is 13.1 Å². The summed E-state index contributed by atoms with van der Waals surface area (Å²) in [4.78, 5) is 37.1. The first-order valence-electron chi connectivity index (χ1n) is 13.5. The van der Waals surface area contributed by atoms with Gasteiger partial charge in [0.25, 0.3) is 0 Å². The van der Waals surface area contributed by atoms with Crippen molar-refractivity contribution in [2.24, 2.45) is 5.73 Å². The van der Waals surface area contributed by atoms with Crippen molar-refractivity contribution in [3.8, 4) is 0 Å². The summed E-state index contributed by atoms with van der Waals surface area (Å²) >= 11 is 6.05. The molecule has 0 saturated carbocycles. The molecular formula is C29H34ClN5O8S. The highest BCUT2D eigenvalue weighted by Crippen LogP contribution is 2.16. The van der Waals surface area contributed by atoms with Crippen molar-refractivity contribution in [3.05, 3.63) is 105 Å². The van der Waals surface area contributed by atoms with Crippen molar-refractivity contribution in [3.63, 3.8) is 0 Å². The van der Waals surface area contributed by atoms with Crippen molar-refractivity contribution in [2.75, 3.05) is 6.61 Å². The molecule has 0 radical (unpaired) electrons. The zero-order valence-electron chi connectivity index (χ0n) is 23.6. The molecular weight excluding hydrogens is 614 g/mol. The largest absolute Gasteiger partial charge is 0.619 e. The Bertz CT molecular complexity index is 1570. The molecule has 15 heteroatoms. The van der Waals surface area contributed by atoms with Gasteiger partial charge in [-0.15, -0.1) is 0 Å². The van der Waals surface area contributed by atoms with Crippen LogP contribution in [-0.4, -0.2) is 55.1 Å². The van der Waals surface area contributed by atoms with Crippen molar-refractivity contribution < 1.29 is 37.7 Å². The lowest BCUT2D eigenvalue weighted by atomic mass is 10.1. The second kappa shape index (κ2) is 16.1. The number of carbonyl (C=O) groups excluding carboxylic acids is 2. The van der Waals surface area contributed by atoms with Gasteiger partial charge in [-0.2, -0.15) is 4.73 Å². The number of amides is 2. The number of carboxylic acid groups (broad SMARTS) is 1. The highest BCUT2D eigenvalue weighted by atomic mass is 35.5. The van der Waals surface area contributed by atoms with Gasteiger partial charge in [-0.3, -0.25) is 14.4 Å². The lowest BCUT2D eigenvalue weighted by Gasteiger charge is -2.22. The van der Waals surface area contributed by atoms with Gasteiger partial charge < -0.3 is 31.8 Å². The molecule has 7 N–H and O–H groups in total. The molecule has 0 aliphatic carbocycles. The predicted molar refractivity (Wildman–Crippen MR) is 161 cm³/mol.